The van der Waals surface area contributed by atoms with Crippen molar-refractivity contribution in [2.24, 2.45) is 0 Å². The molecule has 0 radical (unpaired) electrons. The van der Waals surface area contributed by atoms with Crippen molar-refractivity contribution in [1.29, 1.82) is 0 Å². The molecule has 0 saturated carbocycles. The molecule has 0 amide bonds. The number of fused-ring (bicyclic) bond motifs is 1. The lowest BCUT2D eigenvalue weighted by atomic mass is 10.2. The highest BCUT2D eigenvalue weighted by Crippen LogP contribution is 2.28. The van der Waals surface area contributed by atoms with Crippen LogP contribution in [0.4, 0.5) is 11.4 Å². The van der Waals surface area contributed by atoms with Crippen molar-refractivity contribution in [3.8, 4) is 0 Å². The zero-order chi connectivity index (χ0) is 13.8. The van der Waals surface area contributed by atoms with Crippen molar-refractivity contribution < 1.29 is 19.1 Å². The van der Waals surface area contributed by atoms with Crippen molar-refractivity contribution in [3.63, 3.8) is 0 Å². The van der Waals surface area contributed by atoms with Gasteiger partial charge in [-0.15, -0.1) is 0 Å². The second-order valence-electron chi connectivity index (χ2n) is 3.60. The van der Waals surface area contributed by atoms with Gasteiger partial charge in [-0.2, -0.15) is 0 Å². The van der Waals surface area contributed by atoms with E-state index in [0.29, 0.717) is 12.2 Å². The molecule has 19 heavy (non-hydrogen) atoms. The van der Waals surface area contributed by atoms with Gasteiger partial charge < -0.3 is 10.1 Å². The van der Waals surface area contributed by atoms with E-state index in [-0.39, 0.29) is 29.1 Å². The van der Waals surface area contributed by atoms with E-state index in [1.165, 1.54) is 19.2 Å². The van der Waals surface area contributed by atoms with E-state index in [4.69, 9.17) is 0 Å². The van der Waals surface area contributed by atoms with E-state index in [2.05, 4.69) is 25.0 Å². The Hall–Kier alpha value is -2.71. The normalized spacial score (nSPS) is 10.4. The lowest BCUT2D eigenvalue weighted by Gasteiger charge is -2.05. The van der Waals surface area contributed by atoms with Gasteiger partial charge in [-0.05, 0) is 16.4 Å². The Bertz CT molecular complexity index is 623. The number of hydrogen-bond donors (Lipinski definition) is 1. The molecule has 0 unspecified atom stereocenters. The fourth-order valence-corrected chi connectivity index (χ4v) is 1.54. The molecule has 1 N–H and O–H groups in total. The first kappa shape index (κ1) is 12.7. The van der Waals surface area contributed by atoms with Gasteiger partial charge in [0.05, 0.1) is 24.1 Å². The summed E-state index contributed by atoms with van der Waals surface area (Å²) < 4.78 is 9.01. The first-order chi connectivity index (χ1) is 9.13. The van der Waals surface area contributed by atoms with Crippen molar-refractivity contribution in [3.05, 3.63) is 22.2 Å². The molecule has 0 aliphatic rings. The number of methoxy groups -OCH3 is 1. The molecule has 2 aromatic rings. The van der Waals surface area contributed by atoms with Gasteiger partial charge in [-0.25, -0.2) is 4.63 Å². The van der Waals surface area contributed by atoms with Crippen molar-refractivity contribution in [2.75, 3.05) is 19.0 Å². The van der Waals surface area contributed by atoms with E-state index in [0.717, 1.165) is 0 Å². The van der Waals surface area contributed by atoms with Crippen LogP contribution >= 0.6 is 0 Å². The van der Waals surface area contributed by atoms with E-state index in [1.54, 1.807) is 0 Å². The van der Waals surface area contributed by atoms with Gasteiger partial charge in [0, 0.05) is 12.6 Å². The summed E-state index contributed by atoms with van der Waals surface area (Å²) in [6, 6.07) is 2.79. The molecule has 9 heteroatoms. The molecule has 0 spiro atoms. The zero-order valence-corrected chi connectivity index (χ0v) is 9.95. The van der Waals surface area contributed by atoms with Crippen LogP contribution in [-0.2, 0) is 9.53 Å². The van der Waals surface area contributed by atoms with Crippen LogP contribution in [0.25, 0.3) is 11.0 Å². The maximum absolute atomic E-state index is 11.0. The van der Waals surface area contributed by atoms with Gasteiger partial charge >= 0.3 is 11.7 Å². The summed E-state index contributed by atoms with van der Waals surface area (Å²) in [4.78, 5) is 21.2. The third kappa shape index (κ3) is 2.59. The number of rotatable bonds is 5. The summed E-state index contributed by atoms with van der Waals surface area (Å²) in [5, 5.41) is 20.8. The largest absolute Gasteiger partial charge is 0.469 e. The van der Waals surface area contributed by atoms with Crippen molar-refractivity contribution in [1.82, 2.24) is 10.3 Å². The molecule has 0 bridgehead atoms. The van der Waals surface area contributed by atoms with Crippen molar-refractivity contribution in [2.45, 2.75) is 6.42 Å². The minimum absolute atomic E-state index is 0.0630. The van der Waals surface area contributed by atoms with Gasteiger partial charge in [-0.3, -0.25) is 14.9 Å². The Morgan fingerprint density at radius 2 is 2.21 bits per heavy atom. The summed E-state index contributed by atoms with van der Waals surface area (Å²) >= 11 is 0. The number of aromatic nitrogens is 2. The number of hydrogen-bond acceptors (Lipinski definition) is 8. The average molecular weight is 266 g/mol. The standard InChI is InChI=1S/C10H10N4O5/c1-18-8(15)4-5-11-6-2-3-7(14(16)17)10-9(6)12-19-13-10/h2-3,11H,4-5H2,1H3. The zero-order valence-electron chi connectivity index (χ0n) is 9.95. The molecule has 9 nitrogen and oxygen atoms in total. The van der Waals surface area contributed by atoms with Crippen LogP contribution in [0.1, 0.15) is 6.42 Å². The van der Waals surface area contributed by atoms with E-state index >= 15 is 0 Å². The number of carbonyl (C=O) groups excluding carboxylic acids is 1. The van der Waals surface area contributed by atoms with Crippen LogP contribution in [0.2, 0.25) is 0 Å². The first-order valence-electron chi connectivity index (χ1n) is 5.34. The van der Waals surface area contributed by atoms with Gasteiger partial charge in [0.2, 0.25) is 5.52 Å². The van der Waals surface area contributed by atoms with Crippen LogP contribution in [0.3, 0.4) is 0 Å². The third-order valence-electron chi connectivity index (χ3n) is 2.46. The molecule has 1 aromatic carbocycles. The Balaban J connectivity index is 2.21. The number of benzene rings is 1. The maximum Gasteiger partial charge on any atom is 0.307 e. The van der Waals surface area contributed by atoms with Crippen LogP contribution in [0, 0.1) is 10.1 Å². The molecule has 1 aromatic heterocycles. The summed E-state index contributed by atoms with van der Waals surface area (Å²) in [5.74, 6) is -0.357. The van der Waals surface area contributed by atoms with Gasteiger partial charge in [0.15, 0.2) is 5.52 Å². The highest BCUT2D eigenvalue weighted by atomic mass is 16.6. The maximum atomic E-state index is 11.0. The predicted octanol–water partition coefficient (Wildman–Crippen LogP) is 1.11. The first-order valence-corrected chi connectivity index (χ1v) is 5.34. The van der Waals surface area contributed by atoms with Crippen LogP contribution in [0.15, 0.2) is 16.8 Å². The smallest absolute Gasteiger partial charge is 0.307 e. The number of nitrogens with one attached hydrogen (secondary N) is 1. The molecule has 0 aliphatic carbocycles. The van der Waals surface area contributed by atoms with E-state index in [9.17, 15) is 14.9 Å². The lowest BCUT2D eigenvalue weighted by Crippen LogP contribution is -2.10. The summed E-state index contributed by atoms with van der Waals surface area (Å²) in [6.45, 7) is 0.312. The molecule has 1 heterocycles. The number of nitro benzene ring substituents is 1. The number of non-ortho nitro benzene ring substituents is 1. The molecule has 2 rings (SSSR count). The lowest BCUT2D eigenvalue weighted by molar-refractivity contribution is -0.383. The predicted molar refractivity (Wildman–Crippen MR) is 63.6 cm³/mol. The number of esters is 1. The molecule has 100 valence electrons. The number of ether oxygens (including phenoxy) is 1. The summed E-state index contributed by atoms with van der Waals surface area (Å²) in [5.41, 5.74) is 0.632. The SMILES string of the molecule is COC(=O)CCNc1ccc([N+](=O)[O-])c2nonc12. The number of nitro groups is 1. The minimum atomic E-state index is -0.565. The van der Waals surface area contributed by atoms with Crippen molar-refractivity contribution >= 4 is 28.4 Å². The van der Waals surface area contributed by atoms with E-state index < -0.39 is 4.92 Å². The molecule has 0 aliphatic heterocycles. The topological polar surface area (TPSA) is 120 Å². The van der Waals surface area contributed by atoms with E-state index in [1.807, 2.05) is 0 Å². The summed E-state index contributed by atoms with van der Waals surface area (Å²) in [7, 11) is 1.30. The molecule has 0 fully saturated rings. The molecule has 0 atom stereocenters. The molecular formula is C10H10N4O5. The Kier molecular flexibility index (Phi) is 3.55. The fourth-order valence-electron chi connectivity index (χ4n) is 1.54. The van der Waals surface area contributed by atoms with Crippen LogP contribution in [0.5, 0.6) is 0 Å². The average Bonchev–Trinajstić information content (AvgIpc) is 2.87. The van der Waals surface area contributed by atoms with Gasteiger partial charge in [0.25, 0.3) is 0 Å². The quantitative estimate of drug-likeness (QED) is 0.485. The van der Waals surface area contributed by atoms with Gasteiger partial charge in [0.1, 0.15) is 0 Å². The van der Waals surface area contributed by atoms with Crippen LogP contribution in [-0.4, -0.2) is 34.9 Å². The number of anilines is 1. The van der Waals surface area contributed by atoms with Crippen LogP contribution < -0.4 is 5.32 Å². The highest BCUT2D eigenvalue weighted by Gasteiger charge is 2.19. The highest BCUT2D eigenvalue weighted by molar-refractivity contribution is 5.93. The third-order valence-corrected chi connectivity index (χ3v) is 2.46. The number of nitrogens with zero attached hydrogens (tertiary/aromatic N) is 3. The minimum Gasteiger partial charge on any atom is -0.469 e. The second-order valence-corrected chi connectivity index (χ2v) is 3.60. The summed E-state index contributed by atoms with van der Waals surface area (Å²) in [6.07, 6.45) is 0.167. The number of carbonyl (C=O) groups is 1. The second kappa shape index (κ2) is 5.29. The Labute approximate surface area is 106 Å². The fraction of sp³-hybridized carbons (Fsp3) is 0.300. The monoisotopic (exact) mass is 266 g/mol. The van der Waals surface area contributed by atoms with Gasteiger partial charge in [-0.1, -0.05) is 0 Å². The Morgan fingerprint density at radius 3 is 2.89 bits per heavy atom. The molecule has 0 saturated heterocycles. The molecular weight excluding hydrogens is 256 g/mol. The Morgan fingerprint density at radius 1 is 1.47 bits per heavy atom.